The zero-order valence-corrected chi connectivity index (χ0v) is 20.1. The molecule has 3 aromatic rings. The van der Waals surface area contributed by atoms with Gasteiger partial charge in [-0.05, 0) is 66.0 Å². The second-order valence-electron chi connectivity index (χ2n) is 9.87. The van der Waals surface area contributed by atoms with Gasteiger partial charge in [0.15, 0.2) is 23.0 Å². The maximum atomic E-state index is 10.6. The minimum Gasteiger partial charge on any atom is -0.504 e. The van der Waals surface area contributed by atoms with E-state index in [-0.39, 0.29) is 23.0 Å². The van der Waals surface area contributed by atoms with Gasteiger partial charge in [-0.3, -0.25) is 0 Å². The third kappa shape index (κ3) is 5.67. The van der Waals surface area contributed by atoms with E-state index in [2.05, 4.69) is 18.2 Å². The van der Waals surface area contributed by atoms with Crippen molar-refractivity contribution in [3.63, 3.8) is 0 Å². The molecule has 4 heteroatoms. The molecule has 0 amide bonds. The Labute approximate surface area is 202 Å². The van der Waals surface area contributed by atoms with Gasteiger partial charge in [-0.15, -0.1) is 0 Å². The molecule has 0 bridgehead atoms. The second kappa shape index (κ2) is 10.9. The monoisotopic (exact) mass is 460 g/mol. The summed E-state index contributed by atoms with van der Waals surface area (Å²) in [7, 11) is 0. The molecule has 0 aliphatic heterocycles. The van der Waals surface area contributed by atoms with E-state index in [1.165, 1.54) is 44.6 Å². The van der Waals surface area contributed by atoms with Gasteiger partial charge in [0.1, 0.15) is 0 Å². The van der Waals surface area contributed by atoms with E-state index in [9.17, 15) is 20.4 Å². The van der Waals surface area contributed by atoms with E-state index in [1.54, 1.807) is 12.1 Å². The maximum absolute atomic E-state index is 10.6. The molecular weight excluding hydrogens is 424 g/mol. The van der Waals surface area contributed by atoms with E-state index < -0.39 is 0 Å². The largest absolute Gasteiger partial charge is 0.504 e. The average Bonchev–Trinajstić information content (AvgIpc) is 2.85. The number of hydrogen-bond acceptors (Lipinski definition) is 4. The molecule has 0 heterocycles. The Morgan fingerprint density at radius 1 is 0.706 bits per heavy atom. The average molecular weight is 461 g/mol. The molecule has 0 aromatic heterocycles. The van der Waals surface area contributed by atoms with Crippen molar-refractivity contribution in [3.8, 4) is 23.0 Å². The fourth-order valence-corrected chi connectivity index (χ4v) is 5.24. The lowest BCUT2D eigenvalue weighted by molar-refractivity contribution is 0.331. The number of benzene rings is 3. The van der Waals surface area contributed by atoms with Gasteiger partial charge in [0, 0.05) is 12.0 Å². The SMILES string of the molecule is Cc1c(Cc2ccc(Cc3cccc(O)c3O)cc2)cc(CCCC2CCCCC2)c(O)c1O. The fraction of sp³-hybridized carbons (Fsp3) is 0.400. The Kier molecular flexibility index (Phi) is 7.66. The van der Waals surface area contributed by atoms with Crippen molar-refractivity contribution in [3.05, 3.63) is 81.9 Å². The highest BCUT2D eigenvalue weighted by Crippen LogP contribution is 2.37. The van der Waals surface area contributed by atoms with Crippen LogP contribution in [-0.4, -0.2) is 20.4 Å². The lowest BCUT2D eigenvalue weighted by atomic mass is 9.85. The van der Waals surface area contributed by atoms with Crippen molar-refractivity contribution in [2.24, 2.45) is 5.92 Å². The number of aryl methyl sites for hydroxylation is 1. The number of aromatic hydroxyl groups is 4. The molecule has 34 heavy (non-hydrogen) atoms. The molecule has 4 N–H and O–H groups in total. The van der Waals surface area contributed by atoms with Crippen LogP contribution in [-0.2, 0) is 19.3 Å². The topological polar surface area (TPSA) is 80.9 Å². The van der Waals surface area contributed by atoms with Crippen LogP contribution in [0.3, 0.4) is 0 Å². The predicted octanol–water partition coefficient (Wildman–Crippen LogP) is 6.90. The first kappa shape index (κ1) is 24.0. The van der Waals surface area contributed by atoms with Crippen molar-refractivity contribution in [2.75, 3.05) is 0 Å². The van der Waals surface area contributed by atoms with Gasteiger partial charge < -0.3 is 20.4 Å². The first-order chi connectivity index (χ1) is 16.4. The molecule has 1 fully saturated rings. The van der Waals surface area contributed by atoms with Crippen LogP contribution in [0.25, 0.3) is 0 Å². The smallest absolute Gasteiger partial charge is 0.161 e. The van der Waals surface area contributed by atoms with Gasteiger partial charge in [0.05, 0.1) is 0 Å². The van der Waals surface area contributed by atoms with Crippen LogP contribution in [0.2, 0.25) is 0 Å². The van der Waals surface area contributed by atoms with E-state index in [0.717, 1.165) is 46.6 Å². The molecule has 180 valence electrons. The quantitative estimate of drug-likeness (QED) is 0.276. The highest BCUT2D eigenvalue weighted by molar-refractivity contribution is 5.54. The third-order valence-corrected chi connectivity index (χ3v) is 7.41. The fourth-order valence-electron chi connectivity index (χ4n) is 5.24. The lowest BCUT2D eigenvalue weighted by Crippen LogP contribution is -2.06. The van der Waals surface area contributed by atoms with Crippen LogP contribution in [0.15, 0.2) is 48.5 Å². The normalized spacial score (nSPS) is 14.4. The summed E-state index contributed by atoms with van der Waals surface area (Å²) in [5.41, 5.74) is 5.43. The summed E-state index contributed by atoms with van der Waals surface area (Å²) in [5.74, 6) is 0.672. The molecular formula is C30H36O4. The number of rotatable bonds is 8. The molecule has 1 saturated carbocycles. The molecule has 0 saturated heterocycles. The van der Waals surface area contributed by atoms with Crippen LogP contribution in [0.5, 0.6) is 23.0 Å². The predicted molar refractivity (Wildman–Crippen MR) is 136 cm³/mol. The minimum atomic E-state index is -0.105. The molecule has 1 aliphatic rings. The van der Waals surface area contributed by atoms with Crippen molar-refractivity contribution in [1.29, 1.82) is 0 Å². The van der Waals surface area contributed by atoms with E-state index in [4.69, 9.17) is 0 Å². The summed E-state index contributed by atoms with van der Waals surface area (Å²) in [5, 5.41) is 40.9. The lowest BCUT2D eigenvalue weighted by Gasteiger charge is -2.21. The number of para-hydroxylation sites is 1. The zero-order chi connectivity index (χ0) is 24.1. The van der Waals surface area contributed by atoms with Crippen molar-refractivity contribution >= 4 is 0 Å². The molecule has 4 nitrogen and oxygen atoms in total. The summed E-state index contributed by atoms with van der Waals surface area (Å²) in [6.45, 7) is 1.86. The molecule has 4 rings (SSSR count). The minimum absolute atomic E-state index is 0.00106. The highest BCUT2D eigenvalue weighted by Gasteiger charge is 2.17. The van der Waals surface area contributed by atoms with Crippen LogP contribution in [0.1, 0.15) is 78.3 Å². The number of phenolic OH excluding ortho intramolecular Hbond substituents is 4. The van der Waals surface area contributed by atoms with E-state index in [0.29, 0.717) is 18.4 Å². The number of phenols is 4. The van der Waals surface area contributed by atoms with Gasteiger partial charge in [-0.2, -0.15) is 0 Å². The molecule has 0 unspecified atom stereocenters. The van der Waals surface area contributed by atoms with Crippen LogP contribution in [0.4, 0.5) is 0 Å². The molecule has 3 aromatic carbocycles. The molecule has 0 radical (unpaired) electrons. The van der Waals surface area contributed by atoms with Crippen molar-refractivity contribution in [1.82, 2.24) is 0 Å². The van der Waals surface area contributed by atoms with Gasteiger partial charge in [0.2, 0.25) is 0 Å². The Balaban J connectivity index is 1.43. The molecule has 0 atom stereocenters. The highest BCUT2D eigenvalue weighted by atomic mass is 16.3. The standard InChI is InChI=1S/C30H36O4/c1-20-26(19-25(30(34)28(20)32)10-5-9-21-7-3-2-4-8-21)18-23-15-13-22(14-16-23)17-24-11-6-12-27(31)29(24)33/h6,11-16,19,21,31-34H,2-5,7-10,17-18H2,1H3. The van der Waals surface area contributed by atoms with Crippen molar-refractivity contribution < 1.29 is 20.4 Å². The van der Waals surface area contributed by atoms with Gasteiger partial charge >= 0.3 is 0 Å². The first-order valence-corrected chi connectivity index (χ1v) is 12.5. The van der Waals surface area contributed by atoms with Crippen LogP contribution < -0.4 is 0 Å². The van der Waals surface area contributed by atoms with Crippen molar-refractivity contribution in [2.45, 2.75) is 71.1 Å². The maximum Gasteiger partial charge on any atom is 0.161 e. The first-order valence-electron chi connectivity index (χ1n) is 12.5. The Bertz CT molecular complexity index is 1110. The number of hydrogen-bond donors (Lipinski definition) is 4. The summed E-state index contributed by atoms with van der Waals surface area (Å²) in [6, 6.07) is 15.2. The third-order valence-electron chi connectivity index (χ3n) is 7.41. The second-order valence-corrected chi connectivity index (χ2v) is 9.87. The Morgan fingerprint density at radius 3 is 2.03 bits per heavy atom. The van der Waals surface area contributed by atoms with E-state index >= 15 is 0 Å². The molecule has 1 aliphatic carbocycles. The van der Waals surface area contributed by atoms with Gasteiger partial charge in [-0.1, -0.05) is 81.0 Å². The van der Waals surface area contributed by atoms with E-state index in [1.807, 2.05) is 19.1 Å². The van der Waals surface area contributed by atoms with Crippen LogP contribution in [0, 0.1) is 12.8 Å². The molecule has 0 spiro atoms. The summed E-state index contributed by atoms with van der Waals surface area (Å²) < 4.78 is 0. The Morgan fingerprint density at radius 2 is 1.35 bits per heavy atom. The van der Waals surface area contributed by atoms with Crippen LogP contribution >= 0.6 is 0 Å². The Hall–Kier alpha value is -3.14. The van der Waals surface area contributed by atoms with Gasteiger partial charge in [-0.25, -0.2) is 0 Å². The zero-order valence-electron chi connectivity index (χ0n) is 20.1. The van der Waals surface area contributed by atoms with Gasteiger partial charge in [0.25, 0.3) is 0 Å². The summed E-state index contributed by atoms with van der Waals surface area (Å²) >= 11 is 0. The summed E-state index contributed by atoms with van der Waals surface area (Å²) in [4.78, 5) is 0. The summed E-state index contributed by atoms with van der Waals surface area (Å²) in [6.07, 6.45) is 10.9.